The number of hydrogen-bond donors (Lipinski definition) is 2. The average Bonchev–Trinajstić information content (AvgIpc) is 1.95. The molecule has 0 aliphatic carbocycles. The Bertz CT molecular complexity index is 200. The molecule has 0 spiro atoms. The standard InChI is InChI=1S/C7H10N2O.ClH/c8-7-3-1-6(2-4-7)5-10-9;/h1-4H,5,8-9H2;1H. The van der Waals surface area contributed by atoms with Gasteiger partial charge in [-0.2, -0.15) is 0 Å². The second kappa shape index (κ2) is 4.96. The van der Waals surface area contributed by atoms with Crippen LogP contribution in [0.25, 0.3) is 0 Å². The van der Waals surface area contributed by atoms with Crippen molar-refractivity contribution in [2.24, 2.45) is 5.90 Å². The van der Waals surface area contributed by atoms with Gasteiger partial charge in [0.25, 0.3) is 0 Å². The summed E-state index contributed by atoms with van der Waals surface area (Å²) >= 11 is 0. The Kier molecular flexibility index (Phi) is 4.61. The van der Waals surface area contributed by atoms with Crippen molar-refractivity contribution >= 4 is 18.1 Å². The Morgan fingerprint density at radius 3 is 2.18 bits per heavy atom. The first kappa shape index (κ1) is 10.2. The highest BCUT2D eigenvalue weighted by atomic mass is 35.5. The Balaban J connectivity index is 0.000001000. The molecule has 0 saturated carbocycles. The van der Waals surface area contributed by atoms with Gasteiger partial charge in [0.2, 0.25) is 0 Å². The first-order valence-corrected chi connectivity index (χ1v) is 2.99. The largest absolute Gasteiger partial charge is 0.399 e. The van der Waals surface area contributed by atoms with Crippen LogP contribution in [0.5, 0.6) is 0 Å². The summed E-state index contributed by atoms with van der Waals surface area (Å²) in [7, 11) is 0. The van der Waals surface area contributed by atoms with E-state index >= 15 is 0 Å². The van der Waals surface area contributed by atoms with Crippen LogP contribution in [0, 0.1) is 0 Å². The van der Waals surface area contributed by atoms with Gasteiger partial charge in [-0.3, -0.25) is 4.84 Å². The molecule has 0 saturated heterocycles. The number of halogens is 1. The molecule has 0 amide bonds. The Morgan fingerprint density at radius 1 is 1.18 bits per heavy atom. The first-order valence-electron chi connectivity index (χ1n) is 2.99. The maximum absolute atomic E-state index is 5.45. The van der Waals surface area contributed by atoms with Crippen LogP contribution in [0.4, 0.5) is 5.69 Å². The molecule has 3 nitrogen and oxygen atoms in total. The molecule has 62 valence electrons. The van der Waals surface area contributed by atoms with Crippen LogP contribution in [0.3, 0.4) is 0 Å². The molecule has 4 N–H and O–H groups in total. The molecule has 1 rings (SSSR count). The zero-order chi connectivity index (χ0) is 7.40. The van der Waals surface area contributed by atoms with E-state index in [-0.39, 0.29) is 12.4 Å². The zero-order valence-electron chi connectivity index (χ0n) is 5.99. The molecule has 11 heavy (non-hydrogen) atoms. The number of rotatable bonds is 2. The van der Waals surface area contributed by atoms with Crippen molar-refractivity contribution in [1.29, 1.82) is 0 Å². The van der Waals surface area contributed by atoms with Gasteiger partial charge < -0.3 is 5.73 Å². The van der Waals surface area contributed by atoms with Crippen LogP contribution in [0.2, 0.25) is 0 Å². The summed E-state index contributed by atoms with van der Waals surface area (Å²) < 4.78 is 0. The first-order chi connectivity index (χ1) is 4.83. The van der Waals surface area contributed by atoms with Crippen LogP contribution < -0.4 is 11.6 Å². The van der Waals surface area contributed by atoms with E-state index in [0.717, 1.165) is 11.3 Å². The second-order valence-corrected chi connectivity index (χ2v) is 2.05. The van der Waals surface area contributed by atoms with E-state index in [1.165, 1.54) is 0 Å². The van der Waals surface area contributed by atoms with E-state index in [9.17, 15) is 0 Å². The molecule has 0 radical (unpaired) electrons. The van der Waals surface area contributed by atoms with Crippen molar-refractivity contribution in [2.45, 2.75) is 6.61 Å². The van der Waals surface area contributed by atoms with E-state index < -0.39 is 0 Å². The molecule has 1 aromatic rings. The van der Waals surface area contributed by atoms with Gasteiger partial charge in [-0.25, -0.2) is 5.90 Å². The maximum Gasteiger partial charge on any atom is 0.0930 e. The lowest BCUT2D eigenvalue weighted by Gasteiger charge is -1.97. The molecular formula is C7H11ClN2O. The van der Waals surface area contributed by atoms with Crippen LogP contribution in [-0.2, 0) is 11.4 Å². The number of hydrogen-bond acceptors (Lipinski definition) is 3. The molecule has 4 heteroatoms. The molecule has 1 aromatic carbocycles. The summed E-state index contributed by atoms with van der Waals surface area (Å²) in [6, 6.07) is 7.38. The van der Waals surface area contributed by atoms with E-state index in [1.54, 1.807) is 0 Å². The topological polar surface area (TPSA) is 61.3 Å². The third-order valence-corrected chi connectivity index (χ3v) is 1.23. The molecule has 0 heterocycles. The summed E-state index contributed by atoms with van der Waals surface area (Å²) in [5.41, 5.74) is 7.23. The quantitative estimate of drug-likeness (QED) is 0.521. The molecule has 0 aliphatic rings. The van der Waals surface area contributed by atoms with Gasteiger partial charge in [-0.05, 0) is 17.7 Å². The molecule has 0 bridgehead atoms. The molecule has 0 aromatic heterocycles. The smallest absolute Gasteiger partial charge is 0.0930 e. The van der Waals surface area contributed by atoms with Gasteiger partial charge in [-0.1, -0.05) is 12.1 Å². The molecule has 0 fully saturated rings. The fourth-order valence-electron chi connectivity index (χ4n) is 0.710. The highest BCUT2D eigenvalue weighted by Gasteiger charge is 1.89. The summed E-state index contributed by atoms with van der Waals surface area (Å²) in [6.07, 6.45) is 0. The minimum atomic E-state index is 0. The van der Waals surface area contributed by atoms with Crippen molar-refractivity contribution in [3.05, 3.63) is 29.8 Å². The normalized spacial score (nSPS) is 8.82. The van der Waals surface area contributed by atoms with E-state index in [2.05, 4.69) is 4.84 Å². The lowest BCUT2D eigenvalue weighted by molar-refractivity contribution is 0.124. The number of nitrogen functional groups attached to an aromatic ring is 1. The molecule has 0 aliphatic heterocycles. The number of anilines is 1. The van der Waals surface area contributed by atoms with Crippen LogP contribution >= 0.6 is 12.4 Å². The van der Waals surface area contributed by atoms with E-state index in [1.807, 2.05) is 24.3 Å². The summed E-state index contributed by atoms with van der Waals surface area (Å²) in [5.74, 6) is 4.87. The van der Waals surface area contributed by atoms with Crippen molar-refractivity contribution in [2.75, 3.05) is 5.73 Å². The number of benzene rings is 1. The molecular weight excluding hydrogens is 164 g/mol. The van der Waals surface area contributed by atoms with E-state index in [4.69, 9.17) is 11.6 Å². The second-order valence-electron chi connectivity index (χ2n) is 2.05. The lowest BCUT2D eigenvalue weighted by Crippen LogP contribution is -1.98. The molecule has 0 atom stereocenters. The van der Waals surface area contributed by atoms with Crippen molar-refractivity contribution in [3.63, 3.8) is 0 Å². The fraction of sp³-hybridized carbons (Fsp3) is 0.143. The lowest BCUT2D eigenvalue weighted by atomic mass is 10.2. The third kappa shape index (κ3) is 3.23. The van der Waals surface area contributed by atoms with Crippen LogP contribution in [-0.4, -0.2) is 0 Å². The van der Waals surface area contributed by atoms with Gasteiger partial charge >= 0.3 is 0 Å². The van der Waals surface area contributed by atoms with Gasteiger partial charge in [0.15, 0.2) is 0 Å². The Hall–Kier alpha value is -0.770. The van der Waals surface area contributed by atoms with Crippen LogP contribution in [0.1, 0.15) is 5.56 Å². The highest BCUT2D eigenvalue weighted by molar-refractivity contribution is 5.85. The molecule has 0 unspecified atom stereocenters. The van der Waals surface area contributed by atoms with Gasteiger partial charge in [0.05, 0.1) is 6.61 Å². The minimum Gasteiger partial charge on any atom is -0.399 e. The van der Waals surface area contributed by atoms with Crippen LogP contribution in [0.15, 0.2) is 24.3 Å². The minimum absolute atomic E-state index is 0. The SMILES string of the molecule is Cl.NOCc1ccc(N)cc1. The Morgan fingerprint density at radius 2 is 1.73 bits per heavy atom. The highest BCUT2D eigenvalue weighted by Crippen LogP contribution is 2.05. The third-order valence-electron chi connectivity index (χ3n) is 1.23. The van der Waals surface area contributed by atoms with Crippen molar-refractivity contribution < 1.29 is 4.84 Å². The predicted molar refractivity (Wildman–Crippen MR) is 47.1 cm³/mol. The average molecular weight is 175 g/mol. The Labute approximate surface area is 71.7 Å². The van der Waals surface area contributed by atoms with Gasteiger partial charge in [-0.15, -0.1) is 12.4 Å². The predicted octanol–water partition coefficient (Wildman–Crippen LogP) is 1.08. The van der Waals surface area contributed by atoms with Gasteiger partial charge in [0, 0.05) is 5.69 Å². The van der Waals surface area contributed by atoms with Crippen molar-refractivity contribution in [1.82, 2.24) is 0 Å². The summed E-state index contributed by atoms with van der Waals surface area (Å²) in [5, 5.41) is 0. The summed E-state index contributed by atoms with van der Waals surface area (Å²) in [4.78, 5) is 4.43. The number of nitrogens with two attached hydrogens (primary N) is 2. The summed E-state index contributed by atoms with van der Waals surface area (Å²) in [6.45, 7) is 0.431. The van der Waals surface area contributed by atoms with Gasteiger partial charge in [0.1, 0.15) is 0 Å². The van der Waals surface area contributed by atoms with Crippen molar-refractivity contribution in [3.8, 4) is 0 Å². The fourth-order valence-corrected chi connectivity index (χ4v) is 0.710. The monoisotopic (exact) mass is 174 g/mol. The maximum atomic E-state index is 5.45. The zero-order valence-corrected chi connectivity index (χ0v) is 6.80. The van der Waals surface area contributed by atoms with E-state index in [0.29, 0.717) is 6.61 Å².